The first-order chi connectivity index (χ1) is 7.29. The summed E-state index contributed by atoms with van der Waals surface area (Å²) in [5.74, 6) is 0.837. The summed E-state index contributed by atoms with van der Waals surface area (Å²) in [6.07, 6.45) is 0. The number of nitrogens with one attached hydrogen (secondary N) is 1. The second kappa shape index (κ2) is 4.53. The van der Waals surface area contributed by atoms with Gasteiger partial charge >= 0.3 is 0 Å². The number of amidine groups is 1. The van der Waals surface area contributed by atoms with E-state index in [1.165, 1.54) is 0 Å². The molecule has 15 heavy (non-hydrogen) atoms. The lowest BCUT2D eigenvalue weighted by Crippen LogP contribution is -2.25. The monoisotopic (exact) mass is 215 g/mol. The summed E-state index contributed by atoms with van der Waals surface area (Å²) in [5.41, 5.74) is 5.79. The number of hydrazone groups is 1. The second-order valence-electron chi connectivity index (χ2n) is 3.11. The molecule has 5 heteroatoms. The lowest BCUT2D eigenvalue weighted by Gasteiger charge is -2.14. The molecule has 74 valence electrons. The Balaban J connectivity index is 2.19. The summed E-state index contributed by atoms with van der Waals surface area (Å²) in [5, 5.41) is 5.11. The number of nitrogens with zero attached hydrogens (tertiary/aromatic N) is 2. The van der Waals surface area contributed by atoms with Crippen LogP contribution in [0.25, 0.3) is 0 Å². The molecule has 0 amide bonds. The maximum absolute atomic E-state index is 5.62. The molecule has 0 saturated heterocycles. The molecule has 0 bridgehead atoms. The topological polar surface area (TPSA) is 36.8 Å². The molecule has 1 aromatic carbocycles. The van der Waals surface area contributed by atoms with Crippen LogP contribution in [0.4, 0.5) is 0 Å². The number of benzene rings is 1. The third-order valence-corrected chi connectivity index (χ3v) is 3.04. The highest BCUT2D eigenvalue weighted by molar-refractivity contribution is 8.14. The average Bonchev–Trinajstić information content (AvgIpc) is 2.30. The maximum atomic E-state index is 5.62. The van der Waals surface area contributed by atoms with E-state index >= 15 is 0 Å². The van der Waals surface area contributed by atoms with Gasteiger partial charge in [0.2, 0.25) is 0 Å². The van der Waals surface area contributed by atoms with Crippen LogP contribution in [-0.2, 0) is 0 Å². The van der Waals surface area contributed by atoms with Gasteiger partial charge in [0.1, 0.15) is 7.85 Å². The molecule has 2 radical (unpaired) electrons. The van der Waals surface area contributed by atoms with Crippen molar-refractivity contribution < 1.29 is 0 Å². The first-order valence-corrected chi connectivity index (χ1v) is 5.56. The molecule has 0 saturated carbocycles. The number of rotatable bonds is 1. The van der Waals surface area contributed by atoms with Gasteiger partial charge in [-0.25, -0.2) is 0 Å². The molecule has 1 aliphatic rings. The first-order valence-electron chi connectivity index (χ1n) is 4.57. The molecule has 0 atom stereocenters. The van der Waals surface area contributed by atoms with E-state index in [1.54, 1.807) is 18.8 Å². The van der Waals surface area contributed by atoms with E-state index < -0.39 is 0 Å². The minimum absolute atomic E-state index is 0.770. The van der Waals surface area contributed by atoms with Crippen molar-refractivity contribution in [1.29, 1.82) is 0 Å². The summed E-state index contributed by atoms with van der Waals surface area (Å²) in [4.78, 5) is 4.03. The molecular weight excluding hydrogens is 205 g/mol. The molecule has 0 aromatic heterocycles. The Labute approximate surface area is 94.5 Å². The zero-order valence-corrected chi connectivity index (χ0v) is 9.21. The van der Waals surface area contributed by atoms with E-state index in [4.69, 9.17) is 7.85 Å². The summed E-state index contributed by atoms with van der Waals surface area (Å²) < 4.78 is 0. The van der Waals surface area contributed by atoms with Gasteiger partial charge in [0.15, 0.2) is 5.17 Å². The van der Waals surface area contributed by atoms with Gasteiger partial charge in [-0.05, 0) is 5.56 Å². The average molecular weight is 215 g/mol. The highest BCUT2D eigenvalue weighted by Gasteiger charge is 2.11. The van der Waals surface area contributed by atoms with Gasteiger partial charge in [0.05, 0.1) is 5.71 Å². The van der Waals surface area contributed by atoms with E-state index in [0.29, 0.717) is 0 Å². The van der Waals surface area contributed by atoms with Crippen LogP contribution < -0.4 is 10.9 Å². The first kappa shape index (κ1) is 10.3. The Morgan fingerprint density at radius 2 is 2.13 bits per heavy atom. The van der Waals surface area contributed by atoms with Crippen molar-refractivity contribution in [2.75, 3.05) is 12.8 Å². The van der Waals surface area contributed by atoms with Gasteiger partial charge in [0.25, 0.3) is 0 Å². The minimum atomic E-state index is 0.770. The molecule has 1 heterocycles. The van der Waals surface area contributed by atoms with Gasteiger partial charge in [-0.2, -0.15) is 5.10 Å². The molecular formula is C10H10BN3S. The zero-order valence-electron chi connectivity index (χ0n) is 8.40. The number of aliphatic imine (C=N–C) groups is 1. The fraction of sp³-hybridized carbons (Fsp3) is 0.200. The summed E-state index contributed by atoms with van der Waals surface area (Å²) in [6, 6.07) is 7.72. The molecule has 3 nitrogen and oxygen atoms in total. The van der Waals surface area contributed by atoms with E-state index in [-0.39, 0.29) is 0 Å². The van der Waals surface area contributed by atoms with Crippen molar-refractivity contribution in [3.63, 3.8) is 0 Å². The summed E-state index contributed by atoms with van der Waals surface area (Å²) in [7, 11) is 7.37. The van der Waals surface area contributed by atoms with E-state index in [1.807, 2.05) is 24.3 Å². The third kappa shape index (κ3) is 2.42. The number of thioether (sulfide) groups is 1. The van der Waals surface area contributed by atoms with Crippen LogP contribution in [0.2, 0.25) is 0 Å². The molecule has 0 aliphatic carbocycles. The van der Waals surface area contributed by atoms with Crippen molar-refractivity contribution >= 4 is 36.0 Å². The molecule has 1 aliphatic heterocycles. The van der Waals surface area contributed by atoms with Crippen LogP contribution in [-0.4, -0.2) is 31.5 Å². The molecule has 1 N–H and O–H groups in total. The largest absolute Gasteiger partial charge is 0.265 e. The predicted molar refractivity (Wildman–Crippen MR) is 67.3 cm³/mol. The molecule has 0 spiro atoms. The summed E-state index contributed by atoms with van der Waals surface area (Å²) >= 11 is 1.65. The van der Waals surface area contributed by atoms with Crippen LogP contribution in [0.5, 0.6) is 0 Å². The SMILES string of the molecule is [B]c1ccc(C2=NNC(=NC)SC2)cc1. The van der Waals surface area contributed by atoms with Gasteiger partial charge in [-0.3, -0.25) is 10.4 Å². The van der Waals surface area contributed by atoms with Gasteiger partial charge in [-0.15, -0.1) is 0 Å². The normalized spacial score (nSPS) is 18.5. The Morgan fingerprint density at radius 3 is 2.67 bits per heavy atom. The smallest absolute Gasteiger partial charge is 0.177 e. The molecule has 2 rings (SSSR count). The number of hydrogen-bond acceptors (Lipinski definition) is 3. The minimum Gasteiger partial charge on any atom is -0.265 e. The highest BCUT2D eigenvalue weighted by Crippen LogP contribution is 2.12. The number of hydrogen-bond donors (Lipinski definition) is 1. The van der Waals surface area contributed by atoms with Crippen molar-refractivity contribution in [3.05, 3.63) is 29.8 Å². The van der Waals surface area contributed by atoms with Crippen molar-refractivity contribution in [2.45, 2.75) is 0 Å². The van der Waals surface area contributed by atoms with Crippen LogP contribution in [0.3, 0.4) is 0 Å². The van der Waals surface area contributed by atoms with Gasteiger partial charge < -0.3 is 0 Å². The maximum Gasteiger partial charge on any atom is 0.177 e. The van der Waals surface area contributed by atoms with Crippen LogP contribution in [0.1, 0.15) is 5.56 Å². The highest BCUT2D eigenvalue weighted by atomic mass is 32.2. The predicted octanol–water partition coefficient (Wildman–Crippen LogP) is 0.507. The Bertz CT molecular complexity index is 411. The van der Waals surface area contributed by atoms with Crippen molar-refractivity contribution in [3.8, 4) is 0 Å². The lowest BCUT2D eigenvalue weighted by atomic mass is 9.95. The molecule has 0 unspecified atom stereocenters. The van der Waals surface area contributed by atoms with Crippen molar-refractivity contribution in [1.82, 2.24) is 5.43 Å². The lowest BCUT2D eigenvalue weighted by molar-refractivity contribution is 1.03. The van der Waals surface area contributed by atoms with Gasteiger partial charge in [0, 0.05) is 12.8 Å². The van der Waals surface area contributed by atoms with Crippen LogP contribution in [0, 0.1) is 0 Å². The molecule has 1 aromatic rings. The Morgan fingerprint density at radius 1 is 1.40 bits per heavy atom. The van der Waals surface area contributed by atoms with Gasteiger partial charge in [-0.1, -0.05) is 41.5 Å². The standard InChI is InChI=1S/C10H10BN3S/c1-12-10-14-13-9(6-15-10)7-2-4-8(11)5-3-7/h2-5H,6H2,1H3,(H,12,14). The summed E-state index contributed by atoms with van der Waals surface area (Å²) in [6.45, 7) is 0. The quantitative estimate of drug-likeness (QED) is 0.693. The molecule has 0 fully saturated rings. The fourth-order valence-electron chi connectivity index (χ4n) is 1.25. The Kier molecular flexibility index (Phi) is 3.11. The van der Waals surface area contributed by atoms with Crippen molar-refractivity contribution in [2.24, 2.45) is 10.1 Å². The fourth-order valence-corrected chi connectivity index (χ4v) is 2.00. The van der Waals surface area contributed by atoms with Crippen LogP contribution in [0.15, 0.2) is 34.4 Å². The Hall–Kier alpha value is -1.23. The van der Waals surface area contributed by atoms with Crippen LogP contribution >= 0.6 is 11.8 Å². The van der Waals surface area contributed by atoms with E-state index in [9.17, 15) is 0 Å². The zero-order chi connectivity index (χ0) is 10.7. The third-order valence-electron chi connectivity index (χ3n) is 2.08. The second-order valence-corrected chi connectivity index (χ2v) is 4.07. The van der Waals surface area contributed by atoms with E-state index in [2.05, 4.69) is 15.5 Å². The van der Waals surface area contributed by atoms with E-state index in [0.717, 1.165) is 27.7 Å².